The lowest BCUT2D eigenvalue weighted by Crippen LogP contribution is -2.02. The van der Waals surface area contributed by atoms with Crippen molar-refractivity contribution in [1.82, 2.24) is 0 Å². The summed E-state index contributed by atoms with van der Waals surface area (Å²) in [7, 11) is -2.36. The molecule has 0 fully saturated rings. The molecule has 0 amide bonds. The van der Waals surface area contributed by atoms with Crippen LogP contribution < -0.4 is 0 Å². The van der Waals surface area contributed by atoms with Gasteiger partial charge in [-0.15, -0.1) is 10.2 Å². The maximum atomic E-state index is 12.7. The van der Waals surface area contributed by atoms with Crippen molar-refractivity contribution in [2.24, 2.45) is 10.2 Å². The SMILES string of the molecule is COCCc1ccc(O)c(N=Nc2ccc(S(=O)(=O)c3ccccc3)cc2[N+](=O)[O-])c1. The largest absolute Gasteiger partial charge is 0.506 e. The second-order valence-electron chi connectivity index (χ2n) is 6.49. The van der Waals surface area contributed by atoms with Crippen LogP contribution in [0, 0.1) is 10.1 Å². The normalized spacial score (nSPS) is 11.6. The van der Waals surface area contributed by atoms with Crippen LogP contribution in [0.1, 0.15) is 5.56 Å². The number of nitro groups is 1. The summed E-state index contributed by atoms with van der Waals surface area (Å²) < 4.78 is 30.5. The van der Waals surface area contributed by atoms with Crippen LogP contribution >= 0.6 is 0 Å². The first-order valence-corrected chi connectivity index (χ1v) is 10.6. The van der Waals surface area contributed by atoms with Gasteiger partial charge in [0.2, 0.25) is 9.84 Å². The van der Waals surface area contributed by atoms with Crippen LogP contribution in [0.2, 0.25) is 0 Å². The number of rotatable bonds is 8. The van der Waals surface area contributed by atoms with Gasteiger partial charge in [0.25, 0.3) is 5.69 Å². The fourth-order valence-electron chi connectivity index (χ4n) is 2.77. The van der Waals surface area contributed by atoms with Crippen LogP contribution in [0.3, 0.4) is 0 Å². The molecule has 0 saturated carbocycles. The van der Waals surface area contributed by atoms with Crippen molar-refractivity contribution >= 4 is 26.9 Å². The van der Waals surface area contributed by atoms with Gasteiger partial charge in [-0.2, -0.15) is 0 Å². The number of aromatic hydroxyl groups is 1. The average Bonchev–Trinajstić information content (AvgIpc) is 2.78. The Balaban J connectivity index is 1.97. The molecule has 31 heavy (non-hydrogen) atoms. The highest BCUT2D eigenvalue weighted by atomic mass is 32.2. The summed E-state index contributed by atoms with van der Waals surface area (Å²) >= 11 is 0. The molecule has 10 heteroatoms. The fraction of sp³-hybridized carbons (Fsp3) is 0.143. The number of phenolic OH excluding ortho intramolecular Hbond substituents is 1. The van der Waals surface area contributed by atoms with Crippen LogP contribution in [0.5, 0.6) is 5.75 Å². The third kappa shape index (κ3) is 5.11. The van der Waals surface area contributed by atoms with E-state index in [1.165, 1.54) is 30.3 Å². The Morgan fingerprint density at radius 1 is 0.968 bits per heavy atom. The van der Waals surface area contributed by atoms with E-state index in [-0.39, 0.29) is 26.9 Å². The highest BCUT2D eigenvalue weighted by molar-refractivity contribution is 7.91. The highest BCUT2D eigenvalue weighted by Gasteiger charge is 2.23. The van der Waals surface area contributed by atoms with Crippen molar-refractivity contribution < 1.29 is 23.2 Å². The number of methoxy groups -OCH3 is 1. The van der Waals surface area contributed by atoms with E-state index in [1.807, 2.05) is 0 Å². The minimum absolute atomic E-state index is 0.0245. The molecule has 3 aromatic rings. The van der Waals surface area contributed by atoms with Crippen LogP contribution in [0.15, 0.2) is 86.7 Å². The summed E-state index contributed by atoms with van der Waals surface area (Å²) in [6.45, 7) is 0.476. The Morgan fingerprint density at radius 3 is 2.35 bits per heavy atom. The quantitative estimate of drug-likeness (QED) is 0.305. The van der Waals surface area contributed by atoms with Crippen molar-refractivity contribution in [3.63, 3.8) is 0 Å². The third-order valence-corrected chi connectivity index (χ3v) is 6.17. The van der Waals surface area contributed by atoms with Gasteiger partial charge in [0.1, 0.15) is 11.4 Å². The molecule has 160 valence electrons. The lowest BCUT2D eigenvalue weighted by molar-refractivity contribution is -0.384. The van der Waals surface area contributed by atoms with E-state index in [0.717, 1.165) is 11.6 Å². The lowest BCUT2D eigenvalue weighted by Gasteiger charge is -2.06. The third-order valence-electron chi connectivity index (χ3n) is 4.41. The average molecular weight is 441 g/mol. The zero-order chi connectivity index (χ0) is 22.4. The van der Waals surface area contributed by atoms with Crippen LogP contribution in [0.25, 0.3) is 0 Å². The monoisotopic (exact) mass is 441 g/mol. The number of phenols is 1. The standard InChI is InChI=1S/C21H19N3O6S/c1-30-12-11-15-7-10-21(25)19(13-15)23-22-18-9-8-17(14-20(18)24(26)27)31(28,29)16-5-3-2-4-6-16/h2-10,13-14,25H,11-12H2,1H3. The van der Waals surface area contributed by atoms with Gasteiger partial charge in [0.15, 0.2) is 5.69 Å². The molecule has 3 rings (SSSR count). The van der Waals surface area contributed by atoms with Gasteiger partial charge in [-0.25, -0.2) is 8.42 Å². The Labute approximate surface area is 178 Å². The topological polar surface area (TPSA) is 131 Å². The molecular weight excluding hydrogens is 422 g/mol. The molecule has 0 heterocycles. The van der Waals surface area contributed by atoms with Gasteiger partial charge in [0, 0.05) is 13.2 Å². The molecule has 9 nitrogen and oxygen atoms in total. The Bertz CT molecular complexity index is 1230. The molecule has 0 radical (unpaired) electrons. The number of benzene rings is 3. The minimum Gasteiger partial charge on any atom is -0.506 e. The van der Waals surface area contributed by atoms with Crippen LogP contribution in [0.4, 0.5) is 17.1 Å². The maximum absolute atomic E-state index is 12.7. The summed E-state index contributed by atoms with van der Waals surface area (Å²) in [6.07, 6.45) is 0.589. The van der Waals surface area contributed by atoms with Gasteiger partial charge < -0.3 is 9.84 Å². The molecule has 0 bridgehead atoms. The summed E-state index contributed by atoms with van der Waals surface area (Å²) in [5.74, 6) is -0.143. The lowest BCUT2D eigenvalue weighted by atomic mass is 10.1. The van der Waals surface area contributed by atoms with Crippen LogP contribution in [-0.2, 0) is 21.0 Å². The number of hydrogen-bond acceptors (Lipinski definition) is 8. The molecule has 3 aromatic carbocycles. The van der Waals surface area contributed by atoms with Crippen molar-refractivity contribution in [2.45, 2.75) is 16.2 Å². The number of hydrogen-bond donors (Lipinski definition) is 1. The molecule has 0 aliphatic rings. The van der Waals surface area contributed by atoms with Crippen molar-refractivity contribution in [3.05, 3.63) is 82.4 Å². The van der Waals surface area contributed by atoms with Crippen molar-refractivity contribution in [3.8, 4) is 5.75 Å². The molecule has 0 aromatic heterocycles. The van der Waals surface area contributed by atoms with Crippen molar-refractivity contribution in [2.75, 3.05) is 13.7 Å². The first-order chi connectivity index (χ1) is 14.8. The molecule has 0 atom stereocenters. The summed E-state index contributed by atoms with van der Waals surface area (Å²) in [5, 5.41) is 29.3. The molecule has 0 spiro atoms. The predicted octanol–water partition coefficient (Wildman–Crippen LogP) is 4.74. The second kappa shape index (κ2) is 9.45. The predicted molar refractivity (Wildman–Crippen MR) is 113 cm³/mol. The van der Waals surface area contributed by atoms with E-state index in [9.17, 15) is 23.6 Å². The summed E-state index contributed by atoms with van der Waals surface area (Å²) in [4.78, 5) is 10.6. The Morgan fingerprint density at radius 2 is 1.68 bits per heavy atom. The Hall–Kier alpha value is -3.63. The first kappa shape index (κ1) is 22.1. The van der Waals surface area contributed by atoms with Gasteiger partial charge >= 0.3 is 0 Å². The molecule has 0 aliphatic heterocycles. The fourth-order valence-corrected chi connectivity index (χ4v) is 4.07. The van der Waals surface area contributed by atoms with E-state index in [0.29, 0.717) is 13.0 Å². The van der Waals surface area contributed by atoms with Gasteiger partial charge in [-0.3, -0.25) is 10.1 Å². The zero-order valence-corrected chi connectivity index (χ0v) is 17.3. The van der Waals surface area contributed by atoms with Gasteiger partial charge in [0.05, 0.1) is 21.3 Å². The van der Waals surface area contributed by atoms with E-state index in [2.05, 4.69) is 10.2 Å². The first-order valence-electron chi connectivity index (χ1n) is 9.14. The van der Waals surface area contributed by atoms with E-state index >= 15 is 0 Å². The molecule has 0 unspecified atom stereocenters. The number of nitrogens with zero attached hydrogens (tertiary/aromatic N) is 3. The summed E-state index contributed by atoms with van der Waals surface area (Å²) in [6, 6.07) is 15.8. The van der Waals surface area contributed by atoms with Gasteiger partial charge in [-0.1, -0.05) is 24.3 Å². The van der Waals surface area contributed by atoms with E-state index in [4.69, 9.17) is 4.74 Å². The van der Waals surface area contributed by atoms with Crippen molar-refractivity contribution in [1.29, 1.82) is 0 Å². The molecule has 0 saturated heterocycles. The molecule has 1 N–H and O–H groups in total. The highest BCUT2D eigenvalue weighted by Crippen LogP contribution is 2.35. The molecular formula is C21H19N3O6S. The maximum Gasteiger partial charge on any atom is 0.298 e. The second-order valence-corrected chi connectivity index (χ2v) is 8.44. The smallest absolute Gasteiger partial charge is 0.298 e. The van der Waals surface area contributed by atoms with Gasteiger partial charge in [-0.05, 0) is 48.4 Å². The number of azo groups is 1. The van der Waals surface area contributed by atoms with Crippen LogP contribution in [-0.4, -0.2) is 32.2 Å². The van der Waals surface area contributed by atoms with E-state index in [1.54, 1.807) is 37.4 Å². The summed E-state index contributed by atoms with van der Waals surface area (Å²) in [5.41, 5.74) is 0.311. The number of nitro benzene ring substituents is 1. The molecule has 0 aliphatic carbocycles. The van der Waals surface area contributed by atoms with E-state index < -0.39 is 20.4 Å². The minimum atomic E-state index is -3.93. The number of sulfone groups is 1. The number of ether oxygens (including phenoxy) is 1. The zero-order valence-electron chi connectivity index (χ0n) is 16.5. The Kier molecular flexibility index (Phi) is 6.73.